The summed E-state index contributed by atoms with van der Waals surface area (Å²) in [5, 5.41) is 10.3. The van der Waals surface area contributed by atoms with Crippen LogP contribution >= 0.6 is 0 Å². The van der Waals surface area contributed by atoms with Crippen molar-refractivity contribution in [1.29, 1.82) is 0 Å². The van der Waals surface area contributed by atoms with Crippen molar-refractivity contribution in [1.82, 2.24) is 20.4 Å². The number of ether oxygens (including phenoxy) is 1. The predicted molar refractivity (Wildman–Crippen MR) is 83.8 cm³/mol. The second-order valence-electron chi connectivity index (χ2n) is 6.60. The molecule has 1 aromatic heterocycles. The maximum Gasteiger partial charge on any atom is 0.407 e. The quantitative estimate of drug-likeness (QED) is 0.845. The number of nitrogens with one attached hydrogen (secondary N) is 2. The number of amides is 1. The van der Waals surface area contributed by atoms with E-state index >= 15 is 0 Å². The molecule has 118 valence electrons. The third kappa shape index (κ3) is 6.94. The van der Waals surface area contributed by atoms with E-state index in [9.17, 15) is 4.79 Å². The SMILES string of the molecule is C=Cn1cc(CNC(C)(C)CNC(=O)OC(C)(C)C)cn1. The summed E-state index contributed by atoms with van der Waals surface area (Å²) in [6.45, 7) is 14.3. The molecule has 6 heteroatoms. The van der Waals surface area contributed by atoms with Gasteiger partial charge in [-0.3, -0.25) is 0 Å². The fraction of sp³-hybridized carbons (Fsp3) is 0.600. The molecule has 21 heavy (non-hydrogen) atoms. The Morgan fingerprint density at radius 1 is 1.43 bits per heavy atom. The maximum atomic E-state index is 11.6. The molecule has 0 saturated carbocycles. The average molecular weight is 294 g/mol. The summed E-state index contributed by atoms with van der Waals surface area (Å²) >= 11 is 0. The van der Waals surface area contributed by atoms with Gasteiger partial charge in [0, 0.05) is 36.6 Å². The number of hydrogen-bond donors (Lipinski definition) is 2. The molecule has 0 aliphatic carbocycles. The van der Waals surface area contributed by atoms with Crippen molar-refractivity contribution in [3.63, 3.8) is 0 Å². The van der Waals surface area contributed by atoms with Crippen molar-refractivity contribution in [2.45, 2.75) is 52.3 Å². The molecule has 0 spiro atoms. The highest BCUT2D eigenvalue weighted by molar-refractivity contribution is 5.67. The number of alkyl carbamates (subject to hydrolysis) is 1. The van der Waals surface area contributed by atoms with Gasteiger partial charge in [-0.15, -0.1) is 0 Å². The van der Waals surface area contributed by atoms with Gasteiger partial charge in [0.25, 0.3) is 0 Å². The third-order valence-corrected chi connectivity index (χ3v) is 2.69. The Hall–Kier alpha value is -1.82. The molecule has 1 rings (SSSR count). The van der Waals surface area contributed by atoms with Gasteiger partial charge in [0.05, 0.1) is 6.20 Å². The van der Waals surface area contributed by atoms with E-state index in [0.29, 0.717) is 13.1 Å². The molecule has 0 radical (unpaired) electrons. The number of carbonyl (C=O) groups excluding carboxylic acids is 1. The standard InChI is InChI=1S/C15H26N4O2/c1-7-19-10-12(9-18-19)8-17-15(5,6)11-16-13(20)21-14(2,3)4/h7,9-10,17H,1,8,11H2,2-6H3,(H,16,20). The predicted octanol–water partition coefficient (Wildman–Crippen LogP) is 2.38. The number of carbonyl (C=O) groups is 1. The van der Waals surface area contributed by atoms with Crippen molar-refractivity contribution in [2.75, 3.05) is 6.54 Å². The highest BCUT2D eigenvalue weighted by Crippen LogP contribution is 2.08. The van der Waals surface area contributed by atoms with E-state index in [1.807, 2.05) is 40.8 Å². The lowest BCUT2D eigenvalue weighted by Gasteiger charge is -2.27. The summed E-state index contributed by atoms with van der Waals surface area (Å²) in [5.74, 6) is 0. The van der Waals surface area contributed by atoms with E-state index in [0.717, 1.165) is 5.56 Å². The van der Waals surface area contributed by atoms with E-state index in [2.05, 4.69) is 22.3 Å². The maximum absolute atomic E-state index is 11.6. The van der Waals surface area contributed by atoms with Gasteiger partial charge in [-0.2, -0.15) is 5.10 Å². The molecule has 1 heterocycles. The Bertz CT molecular complexity index is 486. The average Bonchev–Trinajstić information content (AvgIpc) is 2.80. The fourth-order valence-electron chi connectivity index (χ4n) is 1.58. The summed E-state index contributed by atoms with van der Waals surface area (Å²) in [7, 11) is 0. The van der Waals surface area contributed by atoms with Gasteiger partial charge in [0.1, 0.15) is 5.60 Å². The minimum atomic E-state index is -0.485. The van der Waals surface area contributed by atoms with Gasteiger partial charge in [-0.25, -0.2) is 9.48 Å². The van der Waals surface area contributed by atoms with Crippen LogP contribution in [0.3, 0.4) is 0 Å². The summed E-state index contributed by atoms with van der Waals surface area (Å²) in [5.41, 5.74) is 0.314. The molecule has 0 unspecified atom stereocenters. The largest absolute Gasteiger partial charge is 0.444 e. The Morgan fingerprint density at radius 3 is 2.62 bits per heavy atom. The molecular formula is C15H26N4O2. The molecule has 2 N–H and O–H groups in total. The van der Waals surface area contributed by atoms with Crippen LogP contribution in [0.1, 0.15) is 40.2 Å². The Labute approximate surface area is 126 Å². The molecular weight excluding hydrogens is 268 g/mol. The lowest BCUT2D eigenvalue weighted by atomic mass is 10.1. The van der Waals surface area contributed by atoms with Crippen LogP contribution in [0.5, 0.6) is 0 Å². The molecule has 0 atom stereocenters. The molecule has 0 aliphatic rings. The Kier molecular flexibility index (Phi) is 5.54. The number of rotatable bonds is 6. The zero-order valence-electron chi connectivity index (χ0n) is 13.6. The fourth-order valence-corrected chi connectivity index (χ4v) is 1.58. The van der Waals surface area contributed by atoms with E-state index in [-0.39, 0.29) is 5.54 Å². The van der Waals surface area contributed by atoms with Gasteiger partial charge in [0.2, 0.25) is 0 Å². The van der Waals surface area contributed by atoms with Crippen LogP contribution in [-0.2, 0) is 11.3 Å². The third-order valence-electron chi connectivity index (χ3n) is 2.69. The van der Waals surface area contributed by atoms with E-state index in [1.165, 1.54) is 0 Å². The molecule has 0 bridgehead atoms. The van der Waals surface area contributed by atoms with Crippen LogP contribution in [0.2, 0.25) is 0 Å². The first-order chi connectivity index (χ1) is 9.61. The van der Waals surface area contributed by atoms with Crippen molar-refractivity contribution in [3.8, 4) is 0 Å². The summed E-state index contributed by atoms with van der Waals surface area (Å²) in [4.78, 5) is 11.6. The smallest absolute Gasteiger partial charge is 0.407 e. The first kappa shape index (κ1) is 17.2. The number of hydrogen-bond acceptors (Lipinski definition) is 4. The second-order valence-corrected chi connectivity index (χ2v) is 6.60. The Balaban J connectivity index is 2.39. The summed E-state index contributed by atoms with van der Waals surface area (Å²) in [6, 6.07) is 0. The topological polar surface area (TPSA) is 68.2 Å². The van der Waals surface area contributed by atoms with Crippen molar-refractivity contribution >= 4 is 12.3 Å². The lowest BCUT2D eigenvalue weighted by molar-refractivity contribution is 0.0513. The van der Waals surface area contributed by atoms with Crippen LogP contribution in [-0.4, -0.2) is 33.6 Å². The monoisotopic (exact) mass is 294 g/mol. The molecule has 0 saturated heterocycles. The van der Waals surface area contributed by atoms with Crippen LogP contribution in [0.15, 0.2) is 19.0 Å². The molecule has 0 fully saturated rings. The highest BCUT2D eigenvalue weighted by Gasteiger charge is 2.21. The first-order valence-electron chi connectivity index (χ1n) is 6.99. The van der Waals surface area contributed by atoms with Crippen LogP contribution in [0.4, 0.5) is 4.79 Å². The number of nitrogens with zero attached hydrogens (tertiary/aromatic N) is 2. The second kappa shape index (κ2) is 6.76. The minimum Gasteiger partial charge on any atom is -0.444 e. The zero-order valence-corrected chi connectivity index (χ0v) is 13.6. The lowest BCUT2D eigenvalue weighted by Crippen LogP contribution is -2.49. The van der Waals surface area contributed by atoms with Gasteiger partial charge in [-0.05, 0) is 34.6 Å². The first-order valence-corrected chi connectivity index (χ1v) is 6.99. The van der Waals surface area contributed by atoms with E-state index in [4.69, 9.17) is 4.74 Å². The van der Waals surface area contributed by atoms with Gasteiger partial charge < -0.3 is 15.4 Å². The number of aromatic nitrogens is 2. The molecule has 6 nitrogen and oxygen atoms in total. The molecule has 1 aromatic rings. The normalized spacial score (nSPS) is 12.0. The van der Waals surface area contributed by atoms with E-state index < -0.39 is 11.7 Å². The van der Waals surface area contributed by atoms with Crippen molar-refractivity contribution < 1.29 is 9.53 Å². The zero-order chi connectivity index (χ0) is 16.1. The van der Waals surface area contributed by atoms with Gasteiger partial charge in [-0.1, -0.05) is 6.58 Å². The van der Waals surface area contributed by atoms with Crippen LogP contribution < -0.4 is 10.6 Å². The van der Waals surface area contributed by atoms with Gasteiger partial charge >= 0.3 is 6.09 Å². The van der Waals surface area contributed by atoms with Crippen LogP contribution in [0, 0.1) is 0 Å². The van der Waals surface area contributed by atoms with Crippen molar-refractivity contribution in [3.05, 3.63) is 24.5 Å². The molecule has 0 aliphatic heterocycles. The minimum absolute atomic E-state index is 0.257. The van der Waals surface area contributed by atoms with Gasteiger partial charge in [0.15, 0.2) is 0 Å². The summed E-state index contributed by atoms with van der Waals surface area (Å²) < 4.78 is 6.87. The van der Waals surface area contributed by atoms with Crippen LogP contribution in [0.25, 0.3) is 6.20 Å². The highest BCUT2D eigenvalue weighted by atomic mass is 16.6. The summed E-state index contributed by atoms with van der Waals surface area (Å²) in [6.07, 6.45) is 4.92. The molecule has 1 amide bonds. The Morgan fingerprint density at radius 2 is 2.10 bits per heavy atom. The molecule has 0 aromatic carbocycles. The van der Waals surface area contributed by atoms with E-state index in [1.54, 1.807) is 17.1 Å². The van der Waals surface area contributed by atoms with Crippen molar-refractivity contribution in [2.24, 2.45) is 0 Å².